The fourth-order valence-corrected chi connectivity index (χ4v) is 8.06. The minimum Gasteiger partial charge on any atom is -0.405 e. The summed E-state index contributed by atoms with van der Waals surface area (Å²) in [6.07, 6.45) is 1.04. The Bertz CT molecular complexity index is 751. The molecule has 1 saturated heterocycles. The van der Waals surface area contributed by atoms with E-state index in [0.717, 1.165) is 17.7 Å². The van der Waals surface area contributed by atoms with Gasteiger partial charge in [-0.05, 0) is 22.8 Å². The number of thioether (sulfide) groups is 1. The second kappa shape index (κ2) is 8.34. The van der Waals surface area contributed by atoms with Crippen LogP contribution < -0.4 is 5.19 Å². The molecule has 0 amide bonds. The maximum absolute atomic E-state index is 13.0. The topological polar surface area (TPSA) is 26.3 Å². The summed E-state index contributed by atoms with van der Waals surface area (Å²) in [5.41, 5.74) is 1.11. The van der Waals surface area contributed by atoms with E-state index in [1.165, 1.54) is 23.4 Å². The molecule has 1 aliphatic rings. The van der Waals surface area contributed by atoms with Gasteiger partial charge in [-0.1, -0.05) is 107 Å². The summed E-state index contributed by atoms with van der Waals surface area (Å²) >= 11 is 1.43. The van der Waals surface area contributed by atoms with E-state index in [-0.39, 0.29) is 21.9 Å². The first-order chi connectivity index (χ1) is 12.8. The smallest absolute Gasteiger partial charge is 0.225 e. The molecule has 4 heteroatoms. The molecule has 3 rings (SSSR count). The first-order valence-corrected chi connectivity index (χ1v) is 13.0. The van der Waals surface area contributed by atoms with Crippen LogP contribution in [-0.4, -0.2) is 18.2 Å². The SMILES string of the molecule is C[C@@H](C(=O)SC(C)(C)C)[C@@H](O[Si]1(c2ccccc2)CCC1)c1ccccc1. The second-order valence-corrected chi connectivity index (χ2v) is 14.1. The maximum atomic E-state index is 13.0. The molecule has 0 unspecified atom stereocenters. The van der Waals surface area contributed by atoms with Crippen LogP contribution in [-0.2, 0) is 9.22 Å². The molecule has 0 spiro atoms. The molecule has 144 valence electrons. The number of carbonyl (C=O) groups excluding carboxylic acids is 1. The molecule has 2 atom stereocenters. The lowest BCUT2D eigenvalue weighted by Gasteiger charge is -2.43. The first-order valence-electron chi connectivity index (χ1n) is 9.82. The molecule has 1 aliphatic heterocycles. The van der Waals surface area contributed by atoms with Crippen molar-refractivity contribution in [3.05, 3.63) is 66.2 Å². The van der Waals surface area contributed by atoms with E-state index in [1.807, 2.05) is 25.1 Å². The number of rotatable bonds is 6. The van der Waals surface area contributed by atoms with E-state index >= 15 is 0 Å². The summed E-state index contributed by atoms with van der Waals surface area (Å²) < 4.78 is 6.86. The molecule has 0 aromatic heterocycles. The van der Waals surface area contributed by atoms with Crippen molar-refractivity contribution in [3.8, 4) is 0 Å². The quantitative estimate of drug-likeness (QED) is 0.584. The predicted octanol–water partition coefficient (Wildman–Crippen LogP) is 5.70. The lowest BCUT2D eigenvalue weighted by molar-refractivity contribution is -0.116. The summed E-state index contributed by atoms with van der Waals surface area (Å²) in [6, 6.07) is 23.3. The molecule has 0 N–H and O–H groups in total. The van der Waals surface area contributed by atoms with E-state index in [9.17, 15) is 4.79 Å². The van der Waals surface area contributed by atoms with Crippen LogP contribution in [0.1, 0.15) is 45.8 Å². The Hall–Kier alpha value is -1.36. The first kappa shape index (κ1) is 20.4. The van der Waals surface area contributed by atoms with Gasteiger partial charge in [0.25, 0.3) is 0 Å². The molecular weight excluding hydrogens is 368 g/mol. The average Bonchev–Trinajstić information content (AvgIpc) is 2.61. The highest BCUT2D eigenvalue weighted by atomic mass is 32.2. The van der Waals surface area contributed by atoms with Crippen LogP contribution in [0.4, 0.5) is 0 Å². The van der Waals surface area contributed by atoms with E-state index < -0.39 is 8.32 Å². The normalized spacial score (nSPS) is 18.4. The molecule has 0 saturated carbocycles. The van der Waals surface area contributed by atoms with Crippen molar-refractivity contribution in [1.29, 1.82) is 0 Å². The third kappa shape index (κ3) is 4.92. The highest BCUT2D eigenvalue weighted by Gasteiger charge is 2.47. The Balaban J connectivity index is 1.90. The van der Waals surface area contributed by atoms with Crippen LogP contribution in [0.3, 0.4) is 0 Å². The fourth-order valence-electron chi connectivity index (χ4n) is 3.58. The van der Waals surface area contributed by atoms with Crippen molar-refractivity contribution in [2.75, 3.05) is 0 Å². The van der Waals surface area contributed by atoms with Crippen molar-refractivity contribution in [3.63, 3.8) is 0 Å². The average molecular weight is 399 g/mol. The van der Waals surface area contributed by atoms with Gasteiger partial charge in [-0.15, -0.1) is 0 Å². The lowest BCUT2D eigenvalue weighted by atomic mass is 9.99. The molecule has 0 bridgehead atoms. The number of benzene rings is 2. The molecule has 1 fully saturated rings. The maximum Gasteiger partial charge on any atom is 0.225 e. The summed E-state index contributed by atoms with van der Waals surface area (Å²) in [5, 5.41) is 1.58. The summed E-state index contributed by atoms with van der Waals surface area (Å²) in [7, 11) is -1.99. The standard InChI is InChI=1S/C23H30O2SSi/c1-18(22(24)26-23(2,3)4)21(19-12-7-5-8-13-19)25-27(16-11-17-27)20-14-9-6-10-15-20/h5-10,12-15,18,21H,11,16-17H2,1-4H3/t18-,21-/m1/s1. The van der Waals surface area contributed by atoms with Crippen LogP contribution in [0.25, 0.3) is 0 Å². The number of carbonyl (C=O) groups is 1. The van der Waals surface area contributed by atoms with Gasteiger partial charge in [-0.2, -0.15) is 0 Å². The van der Waals surface area contributed by atoms with Crippen LogP contribution in [0, 0.1) is 5.92 Å². The largest absolute Gasteiger partial charge is 0.405 e. The second-order valence-electron chi connectivity index (χ2n) is 8.49. The van der Waals surface area contributed by atoms with E-state index in [0.29, 0.717) is 0 Å². The monoisotopic (exact) mass is 398 g/mol. The molecule has 0 aliphatic carbocycles. The van der Waals surface area contributed by atoms with Crippen molar-refractivity contribution in [2.24, 2.45) is 5.92 Å². The van der Waals surface area contributed by atoms with Crippen LogP contribution in [0.15, 0.2) is 60.7 Å². The van der Waals surface area contributed by atoms with Gasteiger partial charge in [0.1, 0.15) is 0 Å². The van der Waals surface area contributed by atoms with Gasteiger partial charge >= 0.3 is 0 Å². The lowest BCUT2D eigenvalue weighted by Crippen LogP contribution is -2.57. The van der Waals surface area contributed by atoms with Gasteiger partial charge in [0.15, 0.2) is 5.12 Å². The number of hydrogen-bond donors (Lipinski definition) is 0. The minimum atomic E-state index is -1.99. The van der Waals surface area contributed by atoms with Gasteiger partial charge < -0.3 is 4.43 Å². The van der Waals surface area contributed by atoms with E-state index in [4.69, 9.17) is 4.43 Å². The van der Waals surface area contributed by atoms with Crippen molar-refractivity contribution in [1.82, 2.24) is 0 Å². The zero-order valence-corrected chi connectivity index (χ0v) is 18.6. The molecule has 0 radical (unpaired) electrons. The molecule has 2 nitrogen and oxygen atoms in total. The fraction of sp³-hybridized carbons (Fsp3) is 0.435. The third-order valence-electron chi connectivity index (χ3n) is 5.17. The predicted molar refractivity (Wildman–Crippen MR) is 118 cm³/mol. The summed E-state index contributed by atoms with van der Waals surface area (Å²) in [4.78, 5) is 13.0. The van der Waals surface area contributed by atoms with Crippen LogP contribution >= 0.6 is 11.8 Å². The van der Waals surface area contributed by atoms with Gasteiger partial charge in [-0.25, -0.2) is 0 Å². The Morgan fingerprint density at radius 1 is 1.00 bits per heavy atom. The van der Waals surface area contributed by atoms with Gasteiger partial charge in [-0.3, -0.25) is 4.79 Å². The van der Waals surface area contributed by atoms with Gasteiger partial charge in [0.05, 0.1) is 12.0 Å². The Labute approximate surface area is 168 Å². The van der Waals surface area contributed by atoms with Crippen molar-refractivity contribution >= 4 is 30.4 Å². The zero-order valence-electron chi connectivity index (χ0n) is 16.8. The summed E-state index contributed by atoms with van der Waals surface area (Å²) in [6.45, 7) is 8.30. The van der Waals surface area contributed by atoms with Crippen LogP contribution in [0.2, 0.25) is 12.1 Å². The van der Waals surface area contributed by atoms with E-state index in [1.54, 1.807) is 0 Å². The molecule has 2 aromatic rings. The molecular formula is C23H30O2SSi. The van der Waals surface area contributed by atoms with E-state index in [2.05, 4.69) is 63.2 Å². The van der Waals surface area contributed by atoms with Crippen molar-refractivity contribution in [2.45, 2.75) is 57.1 Å². The Morgan fingerprint density at radius 2 is 1.56 bits per heavy atom. The molecule has 1 heterocycles. The van der Waals surface area contributed by atoms with Crippen molar-refractivity contribution < 1.29 is 9.22 Å². The Kier molecular flexibility index (Phi) is 6.29. The third-order valence-corrected chi connectivity index (χ3v) is 10.8. The van der Waals surface area contributed by atoms with Gasteiger partial charge in [0.2, 0.25) is 8.32 Å². The molecule has 27 heavy (non-hydrogen) atoms. The zero-order chi connectivity index (χ0) is 19.5. The highest BCUT2D eigenvalue weighted by Crippen LogP contribution is 2.41. The molecule has 2 aromatic carbocycles. The van der Waals surface area contributed by atoms with Crippen LogP contribution in [0.5, 0.6) is 0 Å². The highest BCUT2D eigenvalue weighted by molar-refractivity contribution is 8.14. The summed E-state index contributed by atoms with van der Waals surface area (Å²) in [5.74, 6) is -0.176. The van der Waals surface area contributed by atoms with Gasteiger partial charge in [0, 0.05) is 4.75 Å². The number of hydrogen-bond acceptors (Lipinski definition) is 3. The minimum absolute atomic E-state index is 0.0857. The Morgan fingerprint density at radius 3 is 2.04 bits per heavy atom.